The van der Waals surface area contributed by atoms with E-state index in [1.165, 1.54) is 0 Å². The first-order chi connectivity index (χ1) is 8.47. The van der Waals surface area contributed by atoms with E-state index >= 15 is 0 Å². The molecule has 2 N–H and O–H groups in total. The first-order valence-corrected chi connectivity index (χ1v) is 7.46. The Morgan fingerprint density at radius 2 is 1.94 bits per heavy atom. The summed E-state index contributed by atoms with van der Waals surface area (Å²) in [6.45, 7) is 6.42. The van der Waals surface area contributed by atoms with Crippen LogP contribution in [0.2, 0.25) is 0 Å². The molecule has 0 aromatic heterocycles. The van der Waals surface area contributed by atoms with Crippen LogP contribution in [0.4, 0.5) is 5.69 Å². The Kier molecular flexibility index (Phi) is 3.73. The topological polar surface area (TPSA) is 58.2 Å². The van der Waals surface area contributed by atoms with E-state index in [9.17, 15) is 8.42 Å². The van der Waals surface area contributed by atoms with Gasteiger partial charge in [-0.2, -0.15) is 0 Å². The first kappa shape index (κ1) is 13.1. The highest BCUT2D eigenvalue weighted by Crippen LogP contribution is 2.22. The Balaban J connectivity index is 2.04. The molecule has 1 aromatic carbocycles. The smallest absolute Gasteiger partial charge is 0.240 e. The molecule has 0 atom stereocenters. The van der Waals surface area contributed by atoms with Crippen LogP contribution >= 0.6 is 0 Å². The lowest BCUT2D eigenvalue weighted by molar-refractivity contribution is 0.581. The van der Waals surface area contributed by atoms with Gasteiger partial charge in [-0.15, -0.1) is 0 Å². The summed E-state index contributed by atoms with van der Waals surface area (Å²) in [6, 6.07) is 6.90. The first-order valence-electron chi connectivity index (χ1n) is 5.98. The molecule has 5 heteroatoms. The van der Waals surface area contributed by atoms with Gasteiger partial charge in [-0.05, 0) is 44.0 Å². The van der Waals surface area contributed by atoms with E-state index in [2.05, 4.69) is 16.6 Å². The molecule has 98 valence electrons. The zero-order valence-corrected chi connectivity index (χ0v) is 11.3. The van der Waals surface area contributed by atoms with Crippen LogP contribution in [0.25, 0.3) is 0 Å². The number of hydrogen-bond acceptors (Lipinski definition) is 3. The second-order valence-corrected chi connectivity index (χ2v) is 6.44. The van der Waals surface area contributed by atoms with Crippen molar-refractivity contribution in [3.8, 4) is 0 Å². The van der Waals surface area contributed by atoms with Gasteiger partial charge in [0.1, 0.15) is 0 Å². The van der Waals surface area contributed by atoms with Crippen molar-refractivity contribution in [1.29, 1.82) is 0 Å². The summed E-state index contributed by atoms with van der Waals surface area (Å²) in [7, 11) is -3.34. The second kappa shape index (κ2) is 5.12. The van der Waals surface area contributed by atoms with Crippen LogP contribution in [-0.2, 0) is 10.0 Å². The Labute approximate surface area is 108 Å². The van der Waals surface area contributed by atoms with Crippen molar-refractivity contribution in [3.63, 3.8) is 0 Å². The van der Waals surface area contributed by atoms with Gasteiger partial charge in [0.2, 0.25) is 10.0 Å². The minimum absolute atomic E-state index is 0.135. The van der Waals surface area contributed by atoms with Crippen molar-refractivity contribution in [2.24, 2.45) is 0 Å². The van der Waals surface area contributed by atoms with E-state index in [4.69, 9.17) is 0 Å². The average Bonchev–Trinajstić information content (AvgIpc) is 3.10. The molecule has 0 heterocycles. The van der Waals surface area contributed by atoms with E-state index in [-0.39, 0.29) is 6.04 Å². The number of rotatable bonds is 6. The molecular formula is C13H18N2O2S. The summed E-state index contributed by atoms with van der Waals surface area (Å²) in [5.41, 5.74) is 1.92. The third kappa shape index (κ3) is 3.58. The highest BCUT2D eigenvalue weighted by molar-refractivity contribution is 7.89. The molecule has 0 bridgehead atoms. The maximum absolute atomic E-state index is 11.9. The molecule has 1 aliphatic rings. The van der Waals surface area contributed by atoms with Crippen molar-refractivity contribution in [2.45, 2.75) is 30.7 Å². The highest BCUT2D eigenvalue weighted by atomic mass is 32.2. The monoisotopic (exact) mass is 266 g/mol. The van der Waals surface area contributed by atoms with Crippen LogP contribution in [0.5, 0.6) is 0 Å². The molecule has 0 aliphatic heterocycles. The normalized spacial score (nSPS) is 15.4. The maximum atomic E-state index is 11.9. The van der Waals surface area contributed by atoms with Crippen LogP contribution in [0.1, 0.15) is 19.8 Å². The Morgan fingerprint density at radius 3 is 2.44 bits per heavy atom. The van der Waals surface area contributed by atoms with Crippen molar-refractivity contribution in [3.05, 3.63) is 36.4 Å². The maximum Gasteiger partial charge on any atom is 0.240 e. The molecule has 1 aromatic rings. The van der Waals surface area contributed by atoms with E-state index < -0.39 is 10.0 Å². The number of benzene rings is 1. The summed E-state index contributed by atoms with van der Waals surface area (Å²) in [6.07, 6.45) is 1.88. The minimum Gasteiger partial charge on any atom is -0.381 e. The Hall–Kier alpha value is -1.33. The molecule has 0 unspecified atom stereocenters. The molecule has 18 heavy (non-hydrogen) atoms. The fraction of sp³-hybridized carbons (Fsp3) is 0.385. The predicted molar refractivity (Wildman–Crippen MR) is 73.1 cm³/mol. The zero-order chi connectivity index (χ0) is 13.2. The van der Waals surface area contributed by atoms with Gasteiger partial charge in [-0.25, -0.2) is 13.1 Å². The van der Waals surface area contributed by atoms with Gasteiger partial charge >= 0.3 is 0 Å². The molecular weight excluding hydrogens is 248 g/mol. The Bertz CT molecular complexity index is 531. The largest absolute Gasteiger partial charge is 0.381 e. The zero-order valence-electron chi connectivity index (χ0n) is 10.4. The van der Waals surface area contributed by atoms with Gasteiger partial charge in [0, 0.05) is 18.3 Å². The number of nitrogens with one attached hydrogen (secondary N) is 2. The molecule has 0 amide bonds. The van der Waals surface area contributed by atoms with Crippen LogP contribution in [0.15, 0.2) is 41.3 Å². The summed E-state index contributed by atoms with van der Waals surface area (Å²) in [5, 5.41) is 3.16. The standard InChI is InChI=1S/C13H18N2O2S/c1-10(2)9-14-11-5-7-13(8-6-11)18(16,17)15-12-3-4-12/h5-8,12,14-15H,1,3-4,9H2,2H3. The average molecular weight is 266 g/mol. The predicted octanol–water partition coefficient (Wildman–Crippen LogP) is 2.12. The third-order valence-electron chi connectivity index (χ3n) is 2.66. The summed E-state index contributed by atoms with van der Waals surface area (Å²) in [4.78, 5) is 0.315. The molecule has 2 rings (SSSR count). The van der Waals surface area contributed by atoms with Crippen molar-refractivity contribution in [2.75, 3.05) is 11.9 Å². The quantitative estimate of drug-likeness (QED) is 0.775. The van der Waals surface area contributed by atoms with Crippen LogP contribution < -0.4 is 10.0 Å². The van der Waals surface area contributed by atoms with Gasteiger partial charge in [0.05, 0.1) is 4.90 Å². The second-order valence-electron chi connectivity index (χ2n) is 4.73. The van der Waals surface area contributed by atoms with Crippen LogP contribution in [0, 0.1) is 0 Å². The highest BCUT2D eigenvalue weighted by Gasteiger charge is 2.27. The lowest BCUT2D eigenvalue weighted by Gasteiger charge is -2.08. The number of anilines is 1. The third-order valence-corrected chi connectivity index (χ3v) is 4.19. The molecule has 0 radical (unpaired) electrons. The fourth-order valence-electron chi connectivity index (χ4n) is 1.49. The van der Waals surface area contributed by atoms with Crippen molar-refractivity contribution < 1.29 is 8.42 Å². The molecule has 1 saturated carbocycles. The van der Waals surface area contributed by atoms with Gasteiger partial charge in [-0.3, -0.25) is 0 Å². The van der Waals surface area contributed by atoms with Crippen LogP contribution in [-0.4, -0.2) is 21.0 Å². The molecule has 0 saturated heterocycles. The molecule has 4 nitrogen and oxygen atoms in total. The number of hydrogen-bond donors (Lipinski definition) is 2. The molecule has 0 spiro atoms. The summed E-state index contributed by atoms with van der Waals surface area (Å²) >= 11 is 0. The van der Waals surface area contributed by atoms with Gasteiger partial charge in [0.15, 0.2) is 0 Å². The van der Waals surface area contributed by atoms with Crippen molar-refractivity contribution >= 4 is 15.7 Å². The SMILES string of the molecule is C=C(C)CNc1ccc(S(=O)(=O)NC2CC2)cc1. The van der Waals surface area contributed by atoms with Gasteiger partial charge in [-0.1, -0.05) is 12.2 Å². The van der Waals surface area contributed by atoms with Crippen LogP contribution in [0.3, 0.4) is 0 Å². The summed E-state index contributed by atoms with van der Waals surface area (Å²) < 4.78 is 26.5. The minimum atomic E-state index is -3.34. The molecule has 1 aliphatic carbocycles. The fourth-order valence-corrected chi connectivity index (χ4v) is 2.80. The molecule has 1 fully saturated rings. The van der Waals surface area contributed by atoms with E-state index in [0.29, 0.717) is 11.4 Å². The number of sulfonamides is 1. The lowest BCUT2D eigenvalue weighted by atomic mass is 10.3. The van der Waals surface area contributed by atoms with Crippen molar-refractivity contribution in [1.82, 2.24) is 4.72 Å². The van der Waals surface area contributed by atoms with E-state index in [1.54, 1.807) is 24.3 Å². The van der Waals surface area contributed by atoms with Gasteiger partial charge in [0.25, 0.3) is 0 Å². The lowest BCUT2D eigenvalue weighted by Crippen LogP contribution is -2.25. The summed E-state index contributed by atoms with van der Waals surface area (Å²) in [5.74, 6) is 0. The van der Waals surface area contributed by atoms with E-state index in [0.717, 1.165) is 24.1 Å². The van der Waals surface area contributed by atoms with Gasteiger partial charge < -0.3 is 5.32 Å². The Morgan fingerprint density at radius 1 is 1.33 bits per heavy atom. The van der Waals surface area contributed by atoms with E-state index in [1.807, 2.05) is 6.92 Å².